The molecule has 2 N–H and O–H groups in total. The molecule has 0 spiro atoms. The number of hydrogen-bond donors (Lipinski definition) is 1. The van der Waals surface area contributed by atoms with Gasteiger partial charge in [0.25, 0.3) is 0 Å². The Hall–Kier alpha value is -0.410. The molecule has 3 heteroatoms. The van der Waals surface area contributed by atoms with Crippen molar-refractivity contribution in [1.82, 2.24) is 0 Å². The monoisotopic (exact) mass is 245 g/mol. The molecule has 0 radical (unpaired) electrons. The molecule has 1 rings (SSSR count). The van der Waals surface area contributed by atoms with Crippen molar-refractivity contribution in [2.45, 2.75) is 26.3 Å². The first-order chi connectivity index (χ1) is 5.82. The van der Waals surface area contributed by atoms with Crippen molar-refractivity contribution in [3.05, 3.63) is 33.5 Å². The van der Waals surface area contributed by atoms with Crippen molar-refractivity contribution >= 4 is 15.9 Å². The lowest BCUT2D eigenvalue weighted by Crippen LogP contribution is -2.28. The van der Waals surface area contributed by atoms with E-state index in [0.717, 1.165) is 5.56 Å². The highest BCUT2D eigenvalue weighted by molar-refractivity contribution is 9.10. The molecule has 0 fully saturated rings. The van der Waals surface area contributed by atoms with Gasteiger partial charge in [-0.25, -0.2) is 4.39 Å². The van der Waals surface area contributed by atoms with E-state index in [4.69, 9.17) is 5.73 Å². The van der Waals surface area contributed by atoms with E-state index in [2.05, 4.69) is 15.9 Å². The zero-order valence-electron chi connectivity index (χ0n) is 7.99. The minimum absolute atomic E-state index is 0.215. The summed E-state index contributed by atoms with van der Waals surface area (Å²) >= 11 is 3.16. The Bertz CT molecular complexity index is 305. The second-order valence-electron chi connectivity index (χ2n) is 3.81. The number of rotatable bonds is 1. The van der Waals surface area contributed by atoms with Crippen LogP contribution in [0, 0.1) is 12.7 Å². The van der Waals surface area contributed by atoms with Crippen LogP contribution in [0.5, 0.6) is 0 Å². The maximum absolute atomic E-state index is 13.2. The van der Waals surface area contributed by atoms with Crippen molar-refractivity contribution < 1.29 is 4.39 Å². The molecule has 72 valence electrons. The van der Waals surface area contributed by atoms with Crippen LogP contribution in [0.2, 0.25) is 0 Å². The van der Waals surface area contributed by atoms with Gasteiger partial charge in [-0.2, -0.15) is 0 Å². The standard InChI is InChI=1S/C10H13BrFN/c1-6-4-7(10(2,3)13)5-8(11)9(6)12/h4-5H,13H2,1-3H3. The van der Waals surface area contributed by atoms with Crippen LogP contribution in [0.1, 0.15) is 25.0 Å². The Morgan fingerprint density at radius 3 is 2.31 bits per heavy atom. The summed E-state index contributed by atoms with van der Waals surface area (Å²) in [6, 6.07) is 3.50. The molecule has 0 aliphatic rings. The van der Waals surface area contributed by atoms with Crippen LogP contribution in [-0.2, 0) is 5.54 Å². The molecular formula is C10H13BrFN. The molecule has 0 amide bonds. The van der Waals surface area contributed by atoms with Crippen LogP contribution in [0.4, 0.5) is 4.39 Å². The summed E-state index contributed by atoms with van der Waals surface area (Å²) in [6.45, 7) is 5.52. The third kappa shape index (κ3) is 2.29. The number of nitrogens with two attached hydrogens (primary N) is 1. The molecule has 0 heterocycles. The van der Waals surface area contributed by atoms with Crippen molar-refractivity contribution in [2.24, 2.45) is 5.73 Å². The van der Waals surface area contributed by atoms with Crippen molar-refractivity contribution in [3.8, 4) is 0 Å². The van der Waals surface area contributed by atoms with E-state index in [9.17, 15) is 4.39 Å². The highest BCUT2D eigenvalue weighted by Gasteiger charge is 2.16. The minimum Gasteiger partial charge on any atom is -0.322 e. The van der Waals surface area contributed by atoms with Gasteiger partial charge in [-0.05, 0) is 53.9 Å². The van der Waals surface area contributed by atoms with E-state index in [1.54, 1.807) is 19.1 Å². The molecule has 13 heavy (non-hydrogen) atoms. The van der Waals surface area contributed by atoms with Crippen molar-refractivity contribution in [3.63, 3.8) is 0 Å². The maximum Gasteiger partial charge on any atom is 0.140 e. The number of aryl methyl sites for hydroxylation is 1. The fraction of sp³-hybridized carbons (Fsp3) is 0.400. The summed E-state index contributed by atoms with van der Waals surface area (Å²) < 4.78 is 13.7. The summed E-state index contributed by atoms with van der Waals surface area (Å²) in [5.41, 5.74) is 7.01. The lowest BCUT2D eigenvalue weighted by Gasteiger charge is -2.20. The fourth-order valence-electron chi connectivity index (χ4n) is 1.10. The first-order valence-electron chi connectivity index (χ1n) is 4.07. The smallest absolute Gasteiger partial charge is 0.140 e. The van der Waals surface area contributed by atoms with Crippen LogP contribution < -0.4 is 5.73 Å². The predicted molar refractivity (Wildman–Crippen MR) is 56.1 cm³/mol. The van der Waals surface area contributed by atoms with Gasteiger partial charge in [0.2, 0.25) is 0 Å². The Morgan fingerprint density at radius 2 is 1.92 bits per heavy atom. The van der Waals surface area contributed by atoms with E-state index in [1.165, 1.54) is 0 Å². The predicted octanol–water partition coefficient (Wildman–Crippen LogP) is 3.09. The highest BCUT2D eigenvalue weighted by atomic mass is 79.9. The second kappa shape index (κ2) is 3.39. The topological polar surface area (TPSA) is 26.0 Å². The Labute approximate surface area is 86.3 Å². The van der Waals surface area contributed by atoms with Gasteiger partial charge >= 0.3 is 0 Å². The lowest BCUT2D eigenvalue weighted by molar-refractivity contribution is 0.547. The maximum atomic E-state index is 13.2. The minimum atomic E-state index is -0.430. The summed E-state index contributed by atoms with van der Waals surface area (Å²) in [5.74, 6) is -0.215. The molecule has 0 saturated carbocycles. The summed E-state index contributed by atoms with van der Waals surface area (Å²) in [4.78, 5) is 0. The number of halogens is 2. The molecule has 1 aromatic carbocycles. The van der Waals surface area contributed by atoms with Gasteiger partial charge in [-0.1, -0.05) is 6.07 Å². The molecular weight excluding hydrogens is 233 g/mol. The summed E-state index contributed by atoms with van der Waals surface area (Å²) in [7, 11) is 0. The Kier molecular flexibility index (Phi) is 2.78. The molecule has 0 aliphatic carbocycles. The second-order valence-corrected chi connectivity index (χ2v) is 4.66. The molecule has 0 unspecified atom stereocenters. The van der Waals surface area contributed by atoms with Gasteiger partial charge in [0.15, 0.2) is 0 Å². The zero-order chi connectivity index (χ0) is 10.2. The Morgan fingerprint density at radius 1 is 1.38 bits per heavy atom. The van der Waals surface area contributed by atoms with E-state index in [1.807, 2.05) is 13.8 Å². The van der Waals surface area contributed by atoms with Crippen LogP contribution >= 0.6 is 15.9 Å². The SMILES string of the molecule is Cc1cc(C(C)(C)N)cc(Br)c1F. The first kappa shape index (κ1) is 10.7. The van der Waals surface area contributed by atoms with Gasteiger partial charge in [0.05, 0.1) is 4.47 Å². The van der Waals surface area contributed by atoms with Crippen molar-refractivity contribution in [2.75, 3.05) is 0 Å². The lowest BCUT2D eigenvalue weighted by atomic mass is 9.94. The van der Waals surface area contributed by atoms with Crippen LogP contribution in [0.25, 0.3) is 0 Å². The van der Waals surface area contributed by atoms with Gasteiger partial charge in [0, 0.05) is 5.54 Å². The van der Waals surface area contributed by atoms with Gasteiger partial charge < -0.3 is 5.73 Å². The van der Waals surface area contributed by atoms with Gasteiger partial charge in [-0.3, -0.25) is 0 Å². The summed E-state index contributed by atoms with van der Waals surface area (Å²) in [5, 5.41) is 0. The third-order valence-corrected chi connectivity index (χ3v) is 2.53. The highest BCUT2D eigenvalue weighted by Crippen LogP contribution is 2.26. The average molecular weight is 246 g/mol. The molecule has 0 aliphatic heterocycles. The third-order valence-electron chi connectivity index (χ3n) is 1.95. The van der Waals surface area contributed by atoms with E-state index >= 15 is 0 Å². The van der Waals surface area contributed by atoms with Crippen molar-refractivity contribution in [1.29, 1.82) is 0 Å². The molecule has 1 aromatic rings. The quantitative estimate of drug-likeness (QED) is 0.809. The molecule has 0 saturated heterocycles. The molecule has 1 nitrogen and oxygen atoms in total. The molecule has 0 atom stereocenters. The van der Waals surface area contributed by atoms with Crippen LogP contribution in [0.3, 0.4) is 0 Å². The fourth-order valence-corrected chi connectivity index (χ4v) is 1.66. The normalized spacial score (nSPS) is 11.8. The number of hydrogen-bond acceptors (Lipinski definition) is 1. The zero-order valence-corrected chi connectivity index (χ0v) is 9.57. The molecule has 0 bridgehead atoms. The summed E-state index contributed by atoms with van der Waals surface area (Å²) in [6.07, 6.45) is 0. The van der Waals surface area contributed by atoms with E-state index in [0.29, 0.717) is 10.0 Å². The largest absolute Gasteiger partial charge is 0.322 e. The Balaban J connectivity index is 3.29. The van der Waals surface area contributed by atoms with E-state index in [-0.39, 0.29) is 5.82 Å². The van der Waals surface area contributed by atoms with E-state index < -0.39 is 5.54 Å². The van der Waals surface area contributed by atoms with Gasteiger partial charge in [-0.15, -0.1) is 0 Å². The average Bonchev–Trinajstić information content (AvgIpc) is 1.97. The molecule has 0 aromatic heterocycles. The number of benzene rings is 1. The van der Waals surface area contributed by atoms with Crippen LogP contribution in [-0.4, -0.2) is 0 Å². The first-order valence-corrected chi connectivity index (χ1v) is 4.86. The van der Waals surface area contributed by atoms with Gasteiger partial charge in [0.1, 0.15) is 5.82 Å². The van der Waals surface area contributed by atoms with Crippen LogP contribution in [0.15, 0.2) is 16.6 Å².